The lowest BCUT2D eigenvalue weighted by molar-refractivity contribution is -0.0798. The average molecular weight is 247 g/mol. The summed E-state index contributed by atoms with van der Waals surface area (Å²) in [5.41, 5.74) is 5.97. The molecule has 0 amide bonds. The highest BCUT2D eigenvalue weighted by Crippen LogP contribution is 2.37. The van der Waals surface area contributed by atoms with Gasteiger partial charge in [-0.3, -0.25) is 0 Å². The molecule has 2 nitrogen and oxygen atoms in total. The number of ether oxygens (including phenoxy) is 1. The molecule has 3 atom stereocenters. The zero-order chi connectivity index (χ0) is 12.3. The minimum Gasteiger partial charge on any atom is -0.376 e. The highest BCUT2D eigenvalue weighted by Gasteiger charge is 2.36. The summed E-state index contributed by atoms with van der Waals surface area (Å²) >= 11 is 0. The lowest BCUT2D eigenvalue weighted by Crippen LogP contribution is -2.40. The summed E-state index contributed by atoms with van der Waals surface area (Å²) in [5, 5.41) is 0. The van der Waals surface area contributed by atoms with E-state index in [4.69, 9.17) is 10.5 Å². The molecule has 0 bridgehead atoms. The van der Waals surface area contributed by atoms with Gasteiger partial charge < -0.3 is 10.5 Å². The van der Waals surface area contributed by atoms with Crippen molar-refractivity contribution >= 4 is 0 Å². The highest BCUT2D eigenvalue weighted by atomic mass is 19.3. The molecule has 0 aliphatic heterocycles. The van der Waals surface area contributed by atoms with Crippen LogP contribution < -0.4 is 5.73 Å². The summed E-state index contributed by atoms with van der Waals surface area (Å²) in [4.78, 5) is 0. The van der Waals surface area contributed by atoms with Gasteiger partial charge in [-0.05, 0) is 31.6 Å². The maximum Gasteiger partial charge on any atom is 0.248 e. The minimum atomic E-state index is -2.47. The number of hydrogen-bond donors (Lipinski definition) is 1. The molecule has 2 saturated carbocycles. The first kappa shape index (κ1) is 13.2. The first-order chi connectivity index (χ1) is 8.07. The Kier molecular flexibility index (Phi) is 4.36. The second kappa shape index (κ2) is 5.61. The second-order valence-electron chi connectivity index (χ2n) is 5.64. The number of rotatable bonds is 3. The van der Waals surface area contributed by atoms with Gasteiger partial charge in [-0.25, -0.2) is 8.78 Å². The summed E-state index contributed by atoms with van der Waals surface area (Å²) in [5.74, 6) is -2.45. The Bertz CT molecular complexity index is 248. The van der Waals surface area contributed by atoms with Gasteiger partial charge in [0.05, 0.1) is 12.7 Å². The summed E-state index contributed by atoms with van der Waals surface area (Å²) in [7, 11) is 0. The van der Waals surface area contributed by atoms with Crippen LogP contribution in [-0.2, 0) is 4.74 Å². The first-order valence-electron chi connectivity index (χ1n) is 6.82. The van der Waals surface area contributed by atoms with Crippen LogP contribution in [0.1, 0.15) is 51.4 Å². The Hall–Kier alpha value is -0.220. The third-order valence-electron chi connectivity index (χ3n) is 4.04. The predicted octanol–water partition coefficient (Wildman–Crippen LogP) is 3.10. The Morgan fingerprint density at radius 3 is 2.59 bits per heavy atom. The normalized spacial score (nSPS) is 37.9. The molecule has 0 aromatic heterocycles. The van der Waals surface area contributed by atoms with Gasteiger partial charge in [0.2, 0.25) is 5.92 Å². The van der Waals surface area contributed by atoms with Crippen molar-refractivity contribution in [1.29, 1.82) is 0 Å². The van der Waals surface area contributed by atoms with Gasteiger partial charge in [-0.2, -0.15) is 0 Å². The third kappa shape index (κ3) is 3.88. The monoisotopic (exact) mass is 247 g/mol. The average Bonchev–Trinajstić information content (AvgIpc) is 2.27. The van der Waals surface area contributed by atoms with Crippen molar-refractivity contribution in [3.63, 3.8) is 0 Å². The lowest BCUT2D eigenvalue weighted by Gasteiger charge is -2.33. The number of halogens is 2. The van der Waals surface area contributed by atoms with Crippen LogP contribution in [0.5, 0.6) is 0 Å². The first-order valence-corrected chi connectivity index (χ1v) is 6.82. The zero-order valence-electron chi connectivity index (χ0n) is 10.3. The van der Waals surface area contributed by atoms with E-state index in [2.05, 4.69) is 0 Å². The van der Waals surface area contributed by atoms with Crippen LogP contribution in [0.3, 0.4) is 0 Å². The molecule has 0 radical (unpaired) electrons. The van der Waals surface area contributed by atoms with E-state index < -0.39 is 5.92 Å². The maximum atomic E-state index is 13.2. The molecule has 0 aromatic rings. The van der Waals surface area contributed by atoms with Crippen LogP contribution in [0.4, 0.5) is 8.78 Å². The Balaban J connectivity index is 1.73. The van der Waals surface area contributed by atoms with E-state index >= 15 is 0 Å². The quantitative estimate of drug-likeness (QED) is 0.831. The lowest BCUT2D eigenvalue weighted by atomic mass is 9.87. The maximum absolute atomic E-state index is 13.2. The molecular formula is C13H23F2NO. The van der Waals surface area contributed by atoms with Gasteiger partial charge in [0.25, 0.3) is 0 Å². The molecule has 2 aliphatic rings. The molecule has 3 unspecified atom stereocenters. The molecule has 2 N–H and O–H groups in total. The molecule has 0 aromatic carbocycles. The molecule has 0 heterocycles. The summed E-state index contributed by atoms with van der Waals surface area (Å²) in [6.07, 6.45) is 5.95. The molecule has 17 heavy (non-hydrogen) atoms. The Morgan fingerprint density at radius 2 is 1.88 bits per heavy atom. The van der Waals surface area contributed by atoms with Gasteiger partial charge in [-0.15, -0.1) is 0 Å². The van der Waals surface area contributed by atoms with Crippen molar-refractivity contribution in [2.24, 2.45) is 11.7 Å². The summed E-state index contributed by atoms with van der Waals surface area (Å²) in [6, 6.07) is 0.104. The molecule has 4 heteroatoms. The molecule has 0 saturated heterocycles. The Labute approximate surface area is 102 Å². The topological polar surface area (TPSA) is 35.2 Å². The van der Waals surface area contributed by atoms with E-state index in [1.54, 1.807) is 0 Å². The van der Waals surface area contributed by atoms with Gasteiger partial charge >= 0.3 is 0 Å². The number of hydrogen-bond acceptors (Lipinski definition) is 2. The molecule has 0 spiro atoms. The predicted molar refractivity (Wildman–Crippen MR) is 63.1 cm³/mol. The standard InChI is InChI=1S/C13H23F2NO/c14-13(15)7-3-4-10(8-13)9-17-12-6-2-1-5-11(12)16/h10-12H,1-9,16H2. The van der Waals surface area contributed by atoms with Gasteiger partial charge in [-0.1, -0.05) is 12.8 Å². The van der Waals surface area contributed by atoms with Crippen LogP contribution in [0, 0.1) is 5.92 Å². The van der Waals surface area contributed by atoms with Gasteiger partial charge in [0.15, 0.2) is 0 Å². The molecule has 100 valence electrons. The van der Waals surface area contributed by atoms with Crippen molar-refractivity contribution in [1.82, 2.24) is 0 Å². The van der Waals surface area contributed by atoms with Crippen molar-refractivity contribution in [3.8, 4) is 0 Å². The second-order valence-corrected chi connectivity index (χ2v) is 5.64. The van der Waals surface area contributed by atoms with E-state index in [0.717, 1.165) is 25.7 Å². The third-order valence-corrected chi connectivity index (χ3v) is 4.04. The fourth-order valence-corrected chi connectivity index (χ4v) is 3.01. The fourth-order valence-electron chi connectivity index (χ4n) is 3.01. The van der Waals surface area contributed by atoms with Crippen LogP contribution >= 0.6 is 0 Å². The van der Waals surface area contributed by atoms with E-state index in [1.165, 1.54) is 6.42 Å². The minimum absolute atomic E-state index is 0.00500. The van der Waals surface area contributed by atoms with Gasteiger partial charge in [0, 0.05) is 18.9 Å². The largest absolute Gasteiger partial charge is 0.376 e. The van der Waals surface area contributed by atoms with E-state index in [1.807, 2.05) is 0 Å². The molecule has 2 fully saturated rings. The van der Waals surface area contributed by atoms with E-state index in [-0.39, 0.29) is 30.9 Å². The van der Waals surface area contributed by atoms with Crippen LogP contribution in [-0.4, -0.2) is 24.7 Å². The van der Waals surface area contributed by atoms with Crippen molar-refractivity contribution in [3.05, 3.63) is 0 Å². The van der Waals surface area contributed by atoms with Crippen molar-refractivity contribution in [2.45, 2.75) is 69.4 Å². The van der Waals surface area contributed by atoms with Crippen LogP contribution in [0.15, 0.2) is 0 Å². The number of nitrogens with two attached hydrogens (primary N) is 1. The molecule has 2 aliphatic carbocycles. The van der Waals surface area contributed by atoms with Crippen LogP contribution in [0.2, 0.25) is 0 Å². The summed E-state index contributed by atoms with van der Waals surface area (Å²) in [6.45, 7) is 0.466. The molecular weight excluding hydrogens is 224 g/mol. The Morgan fingerprint density at radius 1 is 1.12 bits per heavy atom. The fraction of sp³-hybridized carbons (Fsp3) is 1.00. The molecule has 2 rings (SSSR count). The van der Waals surface area contributed by atoms with Crippen molar-refractivity contribution < 1.29 is 13.5 Å². The van der Waals surface area contributed by atoms with Gasteiger partial charge in [0.1, 0.15) is 0 Å². The van der Waals surface area contributed by atoms with E-state index in [9.17, 15) is 8.78 Å². The SMILES string of the molecule is NC1CCCCC1OCC1CCCC(F)(F)C1. The van der Waals surface area contributed by atoms with Crippen molar-refractivity contribution in [2.75, 3.05) is 6.61 Å². The summed E-state index contributed by atoms with van der Waals surface area (Å²) < 4.78 is 32.2. The zero-order valence-corrected chi connectivity index (χ0v) is 10.3. The number of alkyl halides is 2. The highest BCUT2D eigenvalue weighted by molar-refractivity contribution is 4.81. The van der Waals surface area contributed by atoms with E-state index in [0.29, 0.717) is 13.0 Å². The van der Waals surface area contributed by atoms with Crippen LogP contribution in [0.25, 0.3) is 0 Å². The smallest absolute Gasteiger partial charge is 0.248 e.